The van der Waals surface area contributed by atoms with Gasteiger partial charge in [0, 0.05) is 30.3 Å². The minimum Gasteiger partial charge on any atom is -0.451 e. The second-order valence-corrected chi connectivity index (χ2v) is 10.6. The smallest absolute Gasteiger partial charge is 0.350 e. The predicted molar refractivity (Wildman–Crippen MR) is 115 cm³/mol. The van der Waals surface area contributed by atoms with Crippen LogP contribution < -0.4 is 5.32 Å². The van der Waals surface area contributed by atoms with E-state index in [0.717, 1.165) is 34.0 Å². The highest BCUT2D eigenvalue weighted by molar-refractivity contribution is 7.99. The summed E-state index contributed by atoms with van der Waals surface area (Å²) in [4.78, 5) is 24.5. The fraction of sp³-hybridized carbons (Fsp3) is 0.368. The molecule has 1 aliphatic heterocycles. The minimum atomic E-state index is -3.76. The molecule has 7 nitrogen and oxygen atoms in total. The monoisotopic (exact) mass is 454 g/mol. The van der Waals surface area contributed by atoms with Gasteiger partial charge in [-0.2, -0.15) is 16.1 Å². The molecule has 1 N–H and O–H groups in total. The molecule has 1 aromatic heterocycles. The van der Waals surface area contributed by atoms with Gasteiger partial charge in [0.25, 0.3) is 5.91 Å². The maximum absolute atomic E-state index is 12.8. The summed E-state index contributed by atoms with van der Waals surface area (Å²) in [5, 5.41) is 4.20. The van der Waals surface area contributed by atoms with Crippen LogP contribution in [0.4, 0.5) is 5.69 Å². The van der Waals surface area contributed by atoms with Gasteiger partial charge in [0.2, 0.25) is 10.0 Å². The second-order valence-electron chi connectivity index (χ2n) is 6.55. The van der Waals surface area contributed by atoms with Crippen LogP contribution in [-0.4, -0.2) is 55.8 Å². The van der Waals surface area contributed by atoms with Gasteiger partial charge >= 0.3 is 5.97 Å². The summed E-state index contributed by atoms with van der Waals surface area (Å²) in [7, 11) is -3.76. The quantitative estimate of drug-likeness (QED) is 0.675. The lowest BCUT2D eigenvalue weighted by Gasteiger charge is -2.25. The zero-order chi connectivity index (χ0) is 21.0. The summed E-state index contributed by atoms with van der Waals surface area (Å²) in [5.74, 6) is 0.139. The number of ether oxygens (including phenoxy) is 1. The number of hydrogen-bond acceptors (Lipinski definition) is 7. The van der Waals surface area contributed by atoms with E-state index < -0.39 is 28.5 Å². The molecular weight excluding hydrogens is 432 g/mol. The number of nitrogens with one attached hydrogen (secondary N) is 1. The molecule has 0 aliphatic carbocycles. The Bertz CT molecular complexity index is 1010. The van der Waals surface area contributed by atoms with Crippen LogP contribution in [0.5, 0.6) is 0 Å². The first-order chi connectivity index (χ1) is 13.8. The number of thiophene rings is 1. The Kier molecular flexibility index (Phi) is 6.99. The zero-order valence-electron chi connectivity index (χ0n) is 16.1. The van der Waals surface area contributed by atoms with Gasteiger partial charge in [0.1, 0.15) is 9.77 Å². The van der Waals surface area contributed by atoms with Crippen LogP contribution in [0, 0.1) is 13.8 Å². The Morgan fingerprint density at radius 2 is 1.86 bits per heavy atom. The molecule has 0 atom stereocenters. The van der Waals surface area contributed by atoms with Crippen LogP contribution >= 0.6 is 23.1 Å². The fourth-order valence-electron chi connectivity index (χ4n) is 2.79. The molecule has 3 rings (SSSR count). The summed E-state index contributed by atoms with van der Waals surface area (Å²) < 4.78 is 32.2. The van der Waals surface area contributed by atoms with Crippen LogP contribution in [-0.2, 0) is 19.6 Å². The first kappa shape index (κ1) is 21.8. The highest BCUT2D eigenvalue weighted by Crippen LogP contribution is 2.27. The molecule has 0 radical (unpaired) electrons. The van der Waals surface area contributed by atoms with Crippen molar-refractivity contribution in [3.63, 3.8) is 0 Å². The van der Waals surface area contributed by atoms with E-state index in [-0.39, 0.29) is 9.77 Å². The maximum atomic E-state index is 12.8. The Balaban J connectivity index is 1.63. The van der Waals surface area contributed by atoms with Crippen LogP contribution in [0.3, 0.4) is 0 Å². The van der Waals surface area contributed by atoms with Crippen molar-refractivity contribution >= 4 is 50.7 Å². The van der Waals surface area contributed by atoms with Gasteiger partial charge < -0.3 is 10.1 Å². The highest BCUT2D eigenvalue weighted by Gasteiger charge is 2.31. The van der Waals surface area contributed by atoms with E-state index in [1.165, 1.54) is 15.8 Å². The van der Waals surface area contributed by atoms with Crippen molar-refractivity contribution in [1.29, 1.82) is 0 Å². The van der Waals surface area contributed by atoms with E-state index in [1.807, 2.05) is 26.0 Å². The summed E-state index contributed by atoms with van der Waals surface area (Å²) in [6, 6.07) is 6.89. The van der Waals surface area contributed by atoms with Crippen molar-refractivity contribution in [1.82, 2.24) is 4.31 Å². The van der Waals surface area contributed by atoms with Crippen LogP contribution in [0.1, 0.15) is 20.8 Å². The summed E-state index contributed by atoms with van der Waals surface area (Å²) >= 11 is 2.69. The number of anilines is 1. The zero-order valence-corrected chi connectivity index (χ0v) is 18.6. The predicted octanol–water partition coefficient (Wildman–Crippen LogP) is 2.90. The number of amides is 1. The van der Waals surface area contributed by atoms with Crippen molar-refractivity contribution in [3.8, 4) is 0 Å². The maximum Gasteiger partial charge on any atom is 0.350 e. The van der Waals surface area contributed by atoms with E-state index in [9.17, 15) is 18.0 Å². The molecule has 0 saturated carbocycles. The Morgan fingerprint density at radius 3 is 2.55 bits per heavy atom. The van der Waals surface area contributed by atoms with Crippen molar-refractivity contribution in [2.45, 2.75) is 18.7 Å². The van der Waals surface area contributed by atoms with E-state index in [2.05, 4.69) is 5.32 Å². The van der Waals surface area contributed by atoms with Gasteiger partial charge in [0.05, 0.1) is 0 Å². The molecule has 0 bridgehead atoms. The van der Waals surface area contributed by atoms with E-state index in [1.54, 1.807) is 17.8 Å². The molecular formula is C19H22N2O5S3. The number of thioether (sulfide) groups is 1. The first-order valence-corrected chi connectivity index (χ1v) is 12.5. The number of esters is 1. The average molecular weight is 455 g/mol. The molecule has 0 unspecified atom stereocenters. The van der Waals surface area contributed by atoms with Crippen molar-refractivity contribution in [2.24, 2.45) is 0 Å². The molecule has 1 amide bonds. The largest absolute Gasteiger partial charge is 0.451 e. The third-order valence-corrected chi connectivity index (χ3v) is 8.43. The average Bonchev–Trinajstić information content (AvgIpc) is 3.20. The molecule has 1 saturated heterocycles. The van der Waals surface area contributed by atoms with Crippen molar-refractivity contribution in [2.75, 3.05) is 36.5 Å². The number of aryl methyl sites for hydroxylation is 2. The van der Waals surface area contributed by atoms with Crippen LogP contribution in [0.25, 0.3) is 0 Å². The Hall–Kier alpha value is -1.88. The molecule has 2 aromatic rings. The molecule has 0 spiro atoms. The van der Waals surface area contributed by atoms with Crippen LogP contribution in [0.2, 0.25) is 0 Å². The molecule has 1 aromatic carbocycles. The third kappa shape index (κ3) is 5.19. The number of sulfonamides is 1. The molecule has 1 aliphatic rings. The number of rotatable bonds is 6. The molecule has 10 heteroatoms. The number of carbonyl (C=O) groups is 2. The number of hydrogen-bond donors (Lipinski definition) is 1. The van der Waals surface area contributed by atoms with E-state index >= 15 is 0 Å². The topological polar surface area (TPSA) is 92.8 Å². The van der Waals surface area contributed by atoms with Crippen molar-refractivity contribution < 1.29 is 22.7 Å². The molecule has 156 valence electrons. The number of carbonyl (C=O) groups excluding carboxylic acids is 2. The standard InChI is InChI=1S/C19H22N2O5S3/c1-13-3-4-15(11-14(13)2)20-17(22)12-26-19(23)18-16(5-8-28-18)29(24,25)21-6-9-27-10-7-21/h3-5,8,11H,6-7,9-10,12H2,1-2H3,(H,20,22). The minimum absolute atomic E-state index is 0.0118. The van der Waals surface area contributed by atoms with Crippen LogP contribution in [0.15, 0.2) is 34.5 Å². The van der Waals surface area contributed by atoms with E-state index in [0.29, 0.717) is 18.8 Å². The third-order valence-electron chi connectivity index (χ3n) is 4.53. The number of benzene rings is 1. The van der Waals surface area contributed by atoms with Gasteiger partial charge in [-0.15, -0.1) is 11.3 Å². The first-order valence-electron chi connectivity index (χ1n) is 8.98. The van der Waals surface area contributed by atoms with Gasteiger partial charge in [-0.3, -0.25) is 4.79 Å². The Labute approximate surface area is 178 Å². The molecule has 29 heavy (non-hydrogen) atoms. The summed E-state index contributed by atoms with van der Waals surface area (Å²) in [6.45, 7) is 4.23. The lowest BCUT2D eigenvalue weighted by Crippen LogP contribution is -2.38. The van der Waals surface area contributed by atoms with E-state index in [4.69, 9.17) is 4.74 Å². The van der Waals surface area contributed by atoms with Gasteiger partial charge in [-0.05, 0) is 48.6 Å². The number of nitrogens with zero attached hydrogens (tertiary/aromatic N) is 1. The van der Waals surface area contributed by atoms with Gasteiger partial charge in [0.15, 0.2) is 6.61 Å². The van der Waals surface area contributed by atoms with Gasteiger partial charge in [-0.25, -0.2) is 13.2 Å². The van der Waals surface area contributed by atoms with Gasteiger partial charge in [-0.1, -0.05) is 6.07 Å². The SMILES string of the molecule is Cc1ccc(NC(=O)COC(=O)c2sccc2S(=O)(=O)N2CCSCC2)cc1C. The lowest BCUT2D eigenvalue weighted by molar-refractivity contribution is -0.119. The molecule has 1 fully saturated rings. The lowest BCUT2D eigenvalue weighted by atomic mass is 10.1. The summed E-state index contributed by atoms with van der Waals surface area (Å²) in [5.41, 5.74) is 2.74. The highest BCUT2D eigenvalue weighted by atomic mass is 32.2. The molecule has 2 heterocycles. The van der Waals surface area contributed by atoms with Crippen molar-refractivity contribution in [3.05, 3.63) is 45.6 Å². The Morgan fingerprint density at radius 1 is 1.14 bits per heavy atom. The second kappa shape index (κ2) is 9.29. The normalized spacial score (nSPS) is 15.1. The fourth-order valence-corrected chi connectivity index (χ4v) is 6.65. The summed E-state index contributed by atoms with van der Waals surface area (Å²) in [6.07, 6.45) is 0.